The van der Waals surface area contributed by atoms with Crippen molar-refractivity contribution in [3.05, 3.63) is 0 Å². The molecule has 0 saturated heterocycles. The Kier molecular flexibility index (Phi) is 4.81. The highest BCUT2D eigenvalue weighted by Gasteiger charge is 2.33. The average molecular weight is 174 g/mol. The van der Waals surface area contributed by atoms with Crippen molar-refractivity contribution < 1.29 is 4.39 Å². The van der Waals surface area contributed by atoms with Crippen molar-refractivity contribution in [2.75, 3.05) is 0 Å². The molecule has 0 nitrogen and oxygen atoms in total. The standard InChI is InChI=1S/C11H23F/c1-6-9(4)10(12)11(5,7-2)8-3/h9-10H,6-8H2,1-5H3. The molecule has 2 atom stereocenters. The van der Waals surface area contributed by atoms with Crippen LogP contribution >= 0.6 is 0 Å². The van der Waals surface area contributed by atoms with Gasteiger partial charge >= 0.3 is 0 Å². The SMILES string of the molecule is CCC(C)C(F)C(C)(CC)CC. The van der Waals surface area contributed by atoms with Crippen molar-refractivity contribution in [1.82, 2.24) is 0 Å². The summed E-state index contributed by atoms with van der Waals surface area (Å²) in [6, 6.07) is 0. The second kappa shape index (κ2) is 4.84. The van der Waals surface area contributed by atoms with Gasteiger partial charge < -0.3 is 0 Å². The zero-order valence-corrected chi connectivity index (χ0v) is 9.15. The Labute approximate surface area is 76.6 Å². The molecular formula is C11H23F. The van der Waals surface area contributed by atoms with E-state index >= 15 is 0 Å². The second-order valence-corrected chi connectivity index (χ2v) is 4.15. The topological polar surface area (TPSA) is 0 Å². The molecule has 12 heavy (non-hydrogen) atoms. The fourth-order valence-corrected chi connectivity index (χ4v) is 1.53. The van der Waals surface area contributed by atoms with E-state index in [9.17, 15) is 4.39 Å². The van der Waals surface area contributed by atoms with E-state index in [1.54, 1.807) is 0 Å². The molecule has 0 saturated carbocycles. The minimum absolute atomic E-state index is 0.102. The van der Waals surface area contributed by atoms with Crippen molar-refractivity contribution in [3.8, 4) is 0 Å². The Morgan fingerprint density at radius 1 is 1.17 bits per heavy atom. The predicted octanol–water partition coefficient (Wildman–Crippen LogP) is 4.20. The van der Waals surface area contributed by atoms with E-state index in [0.717, 1.165) is 19.3 Å². The summed E-state index contributed by atoms with van der Waals surface area (Å²) in [7, 11) is 0. The van der Waals surface area contributed by atoms with E-state index in [1.165, 1.54) is 0 Å². The highest BCUT2D eigenvalue weighted by Crippen LogP contribution is 2.36. The lowest BCUT2D eigenvalue weighted by atomic mass is 9.75. The predicted molar refractivity (Wildman–Crippen MR) is 53.0 cm³/mol. The number of rotatable bonds is 5. The van der Waals surface area contributed by atoms with Crippen LogP contribution in [0.3, 0.4) is 0 Å². The first-order chi connectivity index (χ1) is 5.51. The van der Waals surface area contributed by atoms with E-state index in [4.69, 9.17) is 0 Å². The molecule has 0 heterocycles. The zero-order valence-electron chi connectivity index (χ0n) is 9.15. The molecule has 0 radical (unpaired) electrons. The highest BCUT2D eigenvalue weighted by atomic mass is 19.1. The number of hydrogen-bond acceptors (Lipinski definition) is 0. The molecule has 0 N–H and O–H groups in total. The van der Waals surface area contributed by atoms with Gasteiger partial charge in [-0.3, -0.25) is 0 Å². The summed E-state index contributed by atoms with van der Waals surface area (Å²) in [6.07, 6.45) is 2.18. The number of halogens is 1. The Balaban J connectivity index is 4.29. The Hall–Kier alpha value is -0.0700. The van der Waals surface area contributed by atoms with E-state index in [0.29, 0.717) is 0 Å². The first kappa shape index (κ1) is 11.9. The van der Waals surface area contributed by atoms with Gasteiger partial charge in [0.1, 0.15) is 6.17 Å². The molecule has 0 aliphatic carbocycles. The van der Waals surface area contributed by atoms with Crippen LogP contribution in [0.15, 0.2) is 0 Å². The van der Waals surface area contributed by atoms with Crippen LogP contribution in [0, 0.1) is 11.3 Å². The van der Waals surface area contributed by atoms with Crippen LogP contribution in [-0.4, -0.2) is 6.17 Å². The largest absolute Gasteiger partial charge is 0.247 e. The molecule has 0 aromatic heterocycles. The minimum atomic E-state index is -0.641. The fourth-order valence-electron chi connectivity index (χ4n) is 1.53. The molecule has 0 spiro atoms. The van der Waals surface area contributed by atoms with E-state index in [2.05, 4.69) is 27.7 Å². The van der Waals surface area contributed by atoms with Crippen molar-refractivity contribution in [2.24, 2.45) is 11.3 Å². The summed E-state index contributed by atoms with van der Waals surface area (Å²) in [5.41, 5.74) is -0.102. The summed E-state index contributed by atoms with van der Waals surface area (Å²) < 4.78 is 13.8. The van der Waals surface area contributed by atoms with Gasteiger partial charge in [-0.15, -0.1) is 0 Å². The van der Waals surface area contributed by atoms with Crippen LogP contribution in [0.25, 0.3) is 0 Å². The van der Waals surface area contributed by atoms with Crippen molar-refractivity contribution in [2.45, 2.75) is 60.1 Å². The van der Waals surface area contributed by atoms with Gasteiger partial charge in [0.25, 0.3) is 0 Å². The molecule has 0 aromatic carbocycles. The first-order valence-corrected chi connectivity index (χ1v) is 5.15. The average Bonchev–Trinajstić information content (AvgIpc) is 2.14. The van der Waals surface area contributed by atoms with Crippen LogP contribution in [0.1, 0.15) is 53.9 Å². The summed E-state index contributed by atoms with van der Waals surface area (Å²) in [5.74, 6) is 0.204. The number of alkyl halides is 1. The molecule has 0 aliphatic rings. The van der Waals surface area contributed by atoms with Crippen LogP contribution in [0.4, 0.5) is 4.39 Å². The maximum atomic E-state index is 13.8. The highest BCUT2D eigenvalue weighted by molar-refractivity contribution is 4.83. The molecule has 0 aromatic rings. The van der Waals surface area contributed by atoms with Gasteiger partial charge in [0.15, 0.2) is 0 Å². The van der Waals surface area contributed by atoms with Crippen molar-refractivity contribution in [1.29, 1.82) is 0 Å². The summed E-state index contributed by atoms with van der Waals surface area (Å²) in [5, 5.41) is 0. The van der Waals surface area contributed by atoms with Gasteiger partial charge in [0, 0.05) is 0 Å². The molecule has 74 valence electrons. The maximum Gasteiger partial charge on any atom is 0.108 e. The summed E-state index contributed by atoms with van der Waals surface area (Å²) >= 11 is 0. The monoisotopic (exact) mass is 174 g/mol. The van der Waals surface area contributed by atoms with Crippen molar-refractivity contribution >= 4 is 0 Å². The number of hydrogen-bond donors (Lipinski definition) is 0. The molecule has 0 aliphatic heterocycles. The first-order valence-electron chi connectivity index (χ1n) is 5.15. The lowest BCUT2D eigenvalue weighted by Crippen LogP contribution is -2.32. The van der Waals surface area contributed by atoms with Crippen LogP contribution in [0.2, 0.25) is 0 Å². The van der Waals surface area contributed by atoms with Gasteiger partial charge in [-0.25, -0.2) is 4.39 Å². The van der Waals surface area contributed by atoms with Gasteiger partial charge in [0.2, 0.25) is 0 Å². The van der Waals surface area contributed by atoms with Gasteiger partial charge in [0.05, 0.1) is 0 Å². The quantitative estimate of drug-likeness (QED) is 0.586. The van der Waals surface area contributed by atoms with Gasteiger partial charge in [-0.05, 0) is 24.2 Å². The van der Waals surface area contributed by atoms with Crippen LogP contribution < -0.4 is 0 Å². The normalized spacial score (nSPS) is 17.5. The molecule has 0 bridgehead atoms. The van der Waals surface area contributed by atoms with Crippen LogP contribution in [-0.2, 0) is 0 Å². The van der Waals surface area contributed by atoms with Gasteiger partial charge in [-0.1, -0.05) is 41.0 Å². The lowest BCUT2D eigenvalue weighted by molar-refractivity contribution is 0.0651. The zero-order chi connectivity index (χ0) is 9.78. The minimum Gasteiger partial charge on any atom is -0.247 e. The Morgan fingerprint density at radius 2 is 1.58 bits per heavy atom. The summed E-state index contributed by atoms with van der Waals surface area (Å²) in [4.78, 5) is 0. The second-order valence-electron chi connectivity index (χ2n) is 4.15. The fraction of sp³-hybridized carbons (Fsp3) is 1.00. The third kappa shape index (κ3) is 2.46. The molecule has 0 rings (SSSR count). The Morgan fingerprint density at radius 3 is 1.83 bits per heavy atom. The molecule has 2 unspecified atom stereocenters. The molecule has 0 fully saturated rings. The lowest BCUT2D eigenvalue weighted by Gasteiger charge is -2.34. The molecule has 0 amide bonds. The Bertz CT molecular complexity index is 116. The third-order valence-corrected chi connectivity index (χ3v) is 3.42. The smallest absolute Gasteiger partial charge is 0.108 e. The van der Waals surface area contributed by atoms with E-state index in [-0.39, 0.29) is 11.3 Å². The third-order valence-electron chi connectivity index (χ3n) is 3.42. The van der Waals surface area contributed by atoms with E-state index < -0.39 is 6.17 Å². The molecule has 1 heteroatoms. The van der Waals surface area contributed by atoms with Crippen molar-refractivity contribution in [3.63, 3.8) is 0 Å². The summed E-state index contributed by atoms with van der Waals surface area (Å²) in [6.45, 7) is 10.3. The molecular weight excluding hydrogens is 151 g/mol. The maximum absolute atomic E-state index is 13.8. The van der Waals surface area contributed by atoms with E-state index in [1.807, 2.05) is 6.92 Å². The van der Waals surface area contributed by atoms with Crippen LogP contribution in [0.5, 0.6) is 0 Å². The van der Waals surface area contributed by atoms with Gasteiger partial charge in [-0.2, -0.15) is 0 Å².